The molecule has 0 fully saturated rings. The second kappa shape index (κ2) is 9.42. The van der Waals surface area contributed by atoms with Crippen LogP contribution in [0.15, 0.2) is 48.5 Å². The number of para-hydroxylation sites is 1. The predicted molar refractivity (Wildman–Crippen MR) is 124 cm³/mol. The molecule has 0 saturated carbocycles. The summed E-state index contributed by atoms with van der Waals surface area (Å²) in [4.78, 5) is 39.7. The van der Waals surface area contributed by atoms with Crippen molar-refractivity contribution in [2.45, 2.75) is 46.3 Å². The van der Waals surface area contributed by atoms with Crippen LogP contribution in [-0.2, 0) is 14.3 Å². The molecule has 1 aliphatic rings. The van der Waals surface area contributed by atoms with E-state index in [1.165, 1.54) is 6.92 Å². The number of alkyl carbamates (subject to hydrolysis) is 1. The van der Waals surface area contributed by atoms with E-state index in [2.05, 4.69) is 31.4 Å². The van der Waals surface area contributed by atoms with Crippen LogP contribution >= 0.6 is 0 Å². The lowest BCUT2D eigenvalue weighted by Gasteiger charge is -2.24. The van der Waals surface area contributed by atoms with Gasteiger partial charge in [0.15, 0.2) is 6.10 Å². The molecule has 3 amide bonds. The summed E-state index contributed by atoms with van der Waals surface area (Å²) in [5, 5.41) is 5.45. The maximum absolute atomic E-state index is 13.3. The van der Waals surface area contributed by atoms with Crippen LogP contribution in [0.5, 0.6) is 0 Å². The molecule has 7 nitrogen and oxygen atoms in total. The van der Waals surface area contributed by atoms with Gasteiger partial charge in [0, 0.05) is 19.2 Å². The lowest BCUT2D eigenvalue weighted by atomic mass is 9.92. The highest BCUT2D eigenvalue weighted by atomic mass is 16.6. The first-order valence-corrected chi connectivity index (χ1v) is 10.8. The predicted octanol–water partition coefficient (Wildman–Crippen LogP) is 4.04. The van der Waals surface area contributed by atoms with E-state index in [4.69, 9.17) is 4.74 Å². The quantitative estimate of drug-likeness (QED) is 0.739. The van der Waals surface area contributed by atoms with Gasteiger partial charge < -0.3 is 20.3 Å². The molecule has 1 heterocycles. The third kappa shape index (κ3) is 5.28. The van der Waals surface area contributed by atoms with E-state index in [-0.39, 0.29) is 11.3 Å². The van der Waals surface area contributed by atoms with E-state index in [9.17, 15) is 14.4 Å². The molecule has 2 aromatic rings. The molecule has 0 aromatic heterocycles. The summed E-state index contributed by atoms with van der Waals surface area (Å²) < 4.78 is 5.22. The maximum Gasteiger partial charge on any atom is 0.407 e. The van der Waals surface area contributed by atoms with E-state index in [0.717, 1.165) is 23.2 Å². The molecular formula is C25H31N3O4. The summed E-state index contributed by atoms with van der Waals surface area (Å²) in [6.45, 7) is 8.17. The van der Waals surface area contributed by atoms with Crippen LogP contribution in [0.1, 0.15) is 45.7 Å². The summed E-state index contributed by atoms with van der Waals surface area (Å²) in [6, 6.07) is 14.2. The van der Waals surface area contributed by atoms with Crippen molar-refractivity contribution in [1.82, 2.24) is 10.6 Å². The molecule has 32 heavy (non-hydrogen) atoms. The number of amides is 3. The Morgan fingerprint density at radius 3 is 2.38 bits per heavy atom. The van der Waals surface area contributed by atoms with Gasteiger partial charge in [-0.05, 0) is 36.0 Å². The number of rotatable bonds is 5. The number of nitrogens with one attached hydrogen (secondary N) is 2. The fourth-order valence-corrected chi connectivity index (χ4v) is 3.63. The summed E-state index contributed by atoms with van der Waals surface area (Å²) in [5.41, 5.74) is 3.33. The Balaban J connectivity index is 1.74. The van der Waals surface area contributed by atoms with Crippen LogP contribution in [0.2, 0.25) is 0 Å². The van der Waals surface area contributed by atoms with Crippen molar-refractivity contribution in [2.75, 3.05) is 18.5 Å². The number of benzene rings is 2. The van der Waals surface area contributed by atoms with Gasteiger partial charge in [-0.2, -0.15) is 0 Å². The number of hydrogen-bond acceptors (Lipinski definition) is 4. The molecule has 3 rings (SSSR count). The summed E-state index contributed by atoms with van der Waals surface area (Å²) in [5.74, 6) is -0.805. The minimum Gasteiger partial charge on any atom is -0.436 e. The Hall–Kier alpha value is -3.35. The fourth-order valence-electron chi connectivity index (χ4n) is 3.63. The number of carbonyl (C=O) groups is 3. The Bertz CT molecular complexity index is 1010. The second-order valence-electron chi connectivity index (χ2n) is 9.23. The highest BCUT2D eigenvalue weighted by Crippen LogP contribution is 2.39. The number of anilines is 1. The highest BCUT2D eigenvalue weighted by molar-refractivity contribution is 6.06. The van der Waals surface area contributed by atoms with Gasteiger partial charge in [0.25, 0.3) is 11.8 Å². The van der Waals surface area contributed by atoms with Gasteiger partial charge in [-0.15, -0.1) is 0 Å². The lowest BCUT2D eigenvalue weighted by Crippen LogP contribution is -2.45. The average molecular weight is 438 g/mol. The molecule has 7 heteroatoms. The zero-order valence-corrected chi connectivity index (χ0v) is 19.3. The summed E-state index contributed by atoms with van der Waals surface area (Å²) >= 11 is 0. The Labute approximate surface area is 189 Å². The minimum absolute atomic E-state index is 0.0765. The van der Waals surface area contributed by atoms with Gasteiger partial charge >= 0.3 is 6.09 Å². The Morgan fingerprint density at radius 1 is 1.06 bits per heavy atom. The van der Waals surface area contributed by atoms with Gasteiger partial charge in [0.2, 0.25) is 0 Å². The van der Waals surface area contributed by atoms with Crippen LogP contribution in [0, 0.1) is 5.41 Å². The molecule has 2 aromatic carbocycles. The highest BCUT2D eigenvalue weighted by Gasteiger charge is 2.34. The van der Waals surface area contributed by atoms with Crippen molar-refractivity contribution < 1.29 is 19.1 Å². The van der Waals surface area contributed by atoms with E-state index in [0.29, 0.717) is 12.1 Å². The lowest BCUT2D eigenvalue weighted by molar-refractivity contribution is -0.132. The van der Waals surface area contributed by atoms with E-state index in [1.54, 1.807) is 11.9 Å². The van der Waals surface area contributed by atoms with Crippen molar-refractivity contribution in [2.24, 2.45) is 5.41 Å². The molecule has 1 aliphatic heterocycles. The van der Waals surface area contributed by atoms with Crippen molar-refractivity contribution in [3.63, 3.8) is 0 Å². The third-order valence-electron chi connectivity index (χ3n) is 5.49. The number of hydrogen-bond donors (Lipinski definition) is 2. The molecule has 0 spiro atoms. The van der Waals surface area contributed by atoms with Gasteiger partial charge in [-0.3, -0.25) is 9.59 Å². The fraction of sp³-hybridized carbons (Fsp3) is 0.400. The number of likely N-dealkylation sites (N-methyl/N-ethyl adjacent to an activating group) is 1. The number of nitrogens with zero attached hydrogens (tertiary/aromatic N) is 1. The van der Waals surface area contributed by atoms with Crippen molar-refractivity contribution >= 4 is 23.6 Å². The van der Waals surface area contributed by atoms with Crippen LogP contribution in [0.25, 0.3) is 11.1 Å². The third-order valence-corrected chi connectivity index (χ3v) is 5.49. The van der Waals surface area contributed by atoms with Crippen molar-refractivity contribution in [3.05, 3.63) is 54.1 Å². The van der Waals surface area contributed by atoms with Gasteiger partial charge in [-0.25, -0.2) is 4.79 Å². The van der Waals surface area contributed by atoms with Crippen LogP contribution < -0.4 is 15.5 Å². The average Bonchev–Trinajstić information content (AvgIpc) is 2.83. The van der Waals surface area contributed by atoms with Crippen LogP contribution in [0.4, 0.5) is 10.5 Å². The molecule has 0 unspecified atom stereocenters. The van der Waals surface area contributed by atoms with E-state index < -0.39 is 24.1 Å². The zero-order valence-electron chi connectivity index (χ0n) is 19.3. The van der Waals surface area contributed by atoms with Crippen molar-refractivity contribution in [3.8, 4) is 11.1 Å². The van der Waals surface area contributed by atoms with Crippen LogP contribution in [-0.4, -0.2) is 37.6 Å². The molecule has 2 N–H and O–H groups in total. The Kier molecular flexibility index (Phi) is 6.87. The first-order valence-electron chi connectivity index (χ1n) is 10.8. The van der Waals surface area contributed by atoms with Gasteiger partial charge in [0.05, 0.1) is 5.69 Å². The molecular weight excluding hydrogens is 406 g/mol. The normalized spacial score (nSPS) is 16.3. The van der Waals surface area contributed by atoms with E-state index >= 15 is 0 Å². The molecule has 0 radical (unpaired) electrons. The largest absolute Gasteiger partial charge is 0.436 e. The monoisotopic (exact) mass is 437 g/mol. The van der Waals surface area contributed by atoms with Crippen LogP contribution in [0.3, 0.4) is 0 Å². The molecule has 0 bridgehead atoms. The first kappa shape index (κ1) is 23.3. The molecule has 0 saturated heterocycles. The molecule has 0 aliphatic carbocycles. The topological polar surface area (TPSA) is 87.7 Å². The van der Waals surface area contributed by atoms with E-state index in [1.807, 2.05) is 48.5 Å². The standard InChI is InChI=1S/C25H31N3O4/c1-16(32-24(31)26-15-14-25(2,3)4)22(29)27-21-19-12-7-6-10-17(19)18-11-8-9-13-20(18)28(5)23(21)30/h6-13,16,21H,14-15H2,1-5H3,(H,26,31)(H,27,29)/t16-,21+/m1/s1. The number of fused-ring (bicyclic) bond motifs is 3. The van der Waals surface area contributed by atoms with Crippen molar-refractivity contribution in [1.29, 1.82) is 0 Å². The maximum atomic E-state index is 13.3. The SMILES string of the molecule is C[C@@H](OC(=O)NCCC(C)(C)C)C(=O)N[C@@H]1C(=O)N(C)c2ccccc2-c2ccccc21. The summed E-state index contributed by atoms with van der Waals surface area (Å²) in [7, 11) is 1.69. The molecule has 170 valence electrons. The number of ether oxygens (including phenoxy) is 1. The summed E-state index contributed by atoms with van der Waals surface area (Å²) in [6.07, 6.45) is -0.933. The molecule has 2 atom stereocenters. The zero-order chi connectivity index (χ0) is 23.5. The first-order chi connectivity index (χ1) is 15.1. The van der Waals surface area contributed by atoms with Gasteiger partial charge in [-0.1, -0.05) is 63.2 Å². The smallest absolute Gasteiger partial charge is 0.407 e. The minimum atomic E-state index is -1.06. The Morgan fingerprint density at radius 2 is 1.69 bits per heavy atom. The number of carbonyl (C=O) groups excluding carboxylic acids is 3. The van der Waals surface area contributed by atoms with Gasteiger partial charge in [0.1, 0.15) is 6.04 Å². The second-order valence-corrected chi connectivity index (χ2v) is 9.23.